The molecule has 1 fully saturated rings. The molecule has 90 valence electrons. The molecule has 4 heteroatoms. The van der Waals surface area contributed by atoms with Crippen LogP contribution in [0.1, 0.15) is 24.0 Å². The molecule has 1 heterocycles. The highest BCUT2D eigenvalue weighted by Crippen LogP contribution is 2.18. The Morgan fingerprint density at radius 3 is 2.31 bits per heavy atom. The van der Waals surface area contributed by atoms with Crippen molar-refractivity contribution in [3.05, 3.63) is 33.8 Å². The van der Waals surface area contributed by atoms with Crippen LogP contribution in [0.25, 0.3) is 0 Å². The number of hydrogen-bond donors (Lipinski definition) is 1. The summed E-state index contributed by atoms with van der Waals surface area (Å²) in [5.74, 6) is 0. The Labute approximate surface area is 108 Å². The first-order valence-electron chi connectivity index (χ1n) is 5.18. The average molecular weight is 287 g/mol. The Morgan fingerprint density at radius 1 is 1.31 bits per heavy atom. The Balaban J connectivity index is 0.000000318. The van der Waals surface area contributed by atoms with E-state index in [9.17, 15) is 0 Å². The zero-order valence-electron chi connectivity index (χ0n) is 9.00. The topological polar surface area (TPSA) is 29.5 Å². The van der Waals surface area contributed by atoms with Crippen LogP contribution in [0.2, 0.25) is 0 Å². The van der Waals surface area contributed by atoms with Crippen LogP contribution < -0.4 is 0 Å². The van der Waals surface area contributed by atoms with Gasteiger partial charge in [-0.15, -0.1) is 0 Å². The van der Waals surface area contributed by atoms with Crippen LogP contribution in [-0.2, 0) is 11.3 Å². The van der Waals surface area contributed by atoms with Gasteiger partial charge >= 0.3 is 0 Å². The van der Waals surface area contributed by atoms with Crippen molar-refractivity contribution in [1.82, 2.24) is 0 Å². The Kier molecular flexibility index (Phi) is 8.62. The van der Waals surface area contributed by atoms with Crippen LogP contribution in [0.4, 0.5) is 0 Å². The van der Waals surface area contributed by atoms with Gasteiger partial charge in [-0.3, -0.25) is 0 Å². The van der Waals surface area contributed by atoms with Gasteiger partial charge < -0.3 is 9.84 Å². The predicted molar refractivity (Wildman–Crippen MR) is 74.8 cm³/mol. The van der Waals surface area contributed by atoms with Gasteiger partial charge in [-0.1, -0.05) is 28.1 Å². The summed E-state index contributed by atoms with van der Waals surface area (Å²) in [7, 11) is 0. The van der Waals surface area contributed by atoms with Gasteiger partial charge in [0.1, 0.15) is 0 Å². The third-order valence-electron chi connectivity index (χ3n) is 2.38. The Hall–Kier alpha value is -0.315. The third-order valence-corrected chi connectivity index (χ3v) is 3.24. The SMILES string of the molecule is B.C1CCOC1.Cc1c(Br)cccc1CO. The van der Waals surface area contributed by atoms with Crippen molar-refractivity contribution in [3.63, 3.8) is 0 Å². The van der Waals surface area contributed by atoms with E-state index in [1.165, 1.54) is 12.8 Å². The summed E-state index contributed by atoms with van der Waals surface area (Å²) in [4.78, 5) is 0. The predicted octanol–water partition coefficient (Wildman–Crippen LogP) is 1.86. The first-order chi connectivity index (χ1) is 7.25. The zero-order chi connectivity index (χ0) is 11.1. The minimum atomic E-state index is 0. The highest BCUT2D eigenvalue weighted by atomic mass is 79.9. The second kappa shape index (κ2) is 8.79. The molecule has 1 aliphatic rings. The lowest BCUT2D eigenvalue weighted by Gasteiger charge is -2.02. The maximum absolute atomic E-state index is 8.82. The molecule has 0 amide bonds. The molecular formula is C12H20BBrO2. The number of benzene rings is 1. The van der Waals surface area contributed by atoms with Crippen molar-refractivity contribution in [2.75, 3.05) is 13.2 Å². The molecule has 2 rings (SSSR count). The summed E-state index contributed by atoms with van der Waals surface area (Å²) in [5.41, 5.74) is 2.10. The van der Waals surface area contributed by atoms with Gasteiger partial charge in [0.2, 0.25) is 0 Å². The lowest BCUT2D eigenvalue weighted by molar-refractivity contribution is 0.198. The number of aliphatic hydroxyl groups excluding tert-OH is 1. The largest absolute Gasteiger partial charge is 0.392 e. The van der Waals surface area contributed by atoms with Crippen molar-refractivity contribution >= 4 is 24.3 Å². The molecule has 1 aromatic rings. The van der Waals surface area contributed by atoms with Gasteiger partial charge in [0, 0.05) is 17.7 Å². The molecule has 0 unspecified atom stereocenters. The number of halogens is 1. The highest BCUT2D eigenvalue weighted by Gasteiger charge is 1.98. The smallest absolute Gasteiger partial charge is 0.0814 e. The van der Waals surface area contributed by atoms with Crippen LogP contribution >= 0.6 is 15.9 Å². The summed E-state index contributed by atoms with van der Waals surface area (Å²) < 4.78 is 6.00. The van der Waals surface area contributed by atoms with Gasteiger partial charge in [-0.2, -0.15) is 0 Å². The molecule has 1 aromatic carbocycles. The quantitative estimate of drug-likeness (QED) is 0.799. The van der Waals surface area contributed by atoms with Crippen molar-refractivity contribution in [1.29, 1.82) is 0 Å². The van der Waals surface area contributed by atoms with E-state index >= 15 is 0 Å². The van der Waals surface area contributed by atoms with E-state index < -0.39 is 0 Å². The number of ether oxygens (including phenoxy) is 1. The second-order valence-electron chi connectivity index (χ2n) is 3.50. The summed E-state index contributed by atoms with van der Waals surface area (Å²) in [5, 5.41) is 8.82. The van der Waals surface area contributed by atoms with Crippen molar-refractivity contribution in [2.45, 2.75) is 26.4 Å². The molecule has 0 radical (unpaired) electrons. The molecule has 0 saturated carbocycles. The standard InChI is InChI=1S/C8H9BrO.C4H8O.BH3/c1-6-7(5-10)3-2-4-8(6)9;1-2-4-5-3-1;/h2-4,10H,5H2,1H3;1-4H2;1H3. The molecule has 1 N–H and O–H groups in total. The molecule has 16 heavy (non-hydrogen) atoms. The fraction of sp³-hybridized carbons (Fsp3) is 0.500. The molecule has 0 spiro atoms. The van der Waals surface area contributed by atoms with E-state index in [4.69, 9.17) is 9.84 Å². The molecule has 0 aromatic heterocycles. The van der Waals surface area contributed by atoms with Crippen LogP contribution in [0, 0.1) is 6.92 Å². The normalized spacial score (nSPS) is 13.7. The molecule has 0 aliphatic carbocycles. The first-order valence-corrected chi connectivity index (χ1v) is 5.97. The summed E-state index contributed by atoms with van der Waals surface area (Å²) in [6.07, 6.45) is 2.56. The fourth-order valence-corrected chi connectivity index (χ4v) is 1.74. The molecule has 0 bridgehead atoms. The van der Waals surface area contributed by atoms with Gasteiger partial charge in [-0.05, 0) is 37.0 Å². The lowest BCUT2D eigenvalue weighted by atomic mass is 10.1. The molecule has 1 aliphatic heterocycles. The van der Waals surface area contributed by atoms with E-state index in [0.717, 1.165) is 28.8 Å². The van der Waals surface area contributed by atoms with E-state index in [1.54, 1.807) is 0 Å². The van der Waals surface area contributed by atoms with Gasteiger partial charge in [-0.25, -0.2) is 0 Å². The van der Waals surface area contributed by atoms with Crippen molar-refractivity contribution in [3.8, 4) is 0 Å². The van der Waals surface area contributed by atoms with Gasteiger partial charge in [0.15, 0.2) is 0 Å². The van der Waals surface area contributed by atoms with Crippen LogP contribution in [0.5, 0.6) is 0 Å². The average Bonchev–Trinajstić information content (AvgIpc) is 2.80. The molecular weight excluding hydrogens is 267 g/mol. The van der Waals surface area contributed by atoms with Gasteiger partial charge in [0.05, 0.1) is 15.0 Å². The van der Waals surface area contributed by atoms with Crippen molar-refractivity contribution in [2.24, 2.45) is 0 Å². The molecule has 1 saturated heterocycles. The minimum Gasteiger partial charge on any atom is -0.392 e. The molecule has 0 atom stereocenters. The Bertz CT molecular complexity index is 293. The highest BCUT2D eigenvalue weighted by molar-refractivity contribution is 9.10. The van der Waals surface area contributed by atoms with Crippen LogP contribution in [-0.4, -0.2) is 26.7 Å². The number of aliphatic hydroxyl groups is 1. The summed E-state index contributed by atoms with van der Waals surface area (Å²) >= 11 is 3.38. The van der Waals surface area contributed by atoms with Gasteiger partial charge in [0.25, 0.3) is 0 Å². The fourth-order valence-electron chi connectivity index (χ4n) is 1.33. The third kappa shape index (κ3) is 5.15. The van der Waals surface area contributed by atoms with Crippen molar-refractivity contribution < 1.29 is 9.84 Å². The molecule has 2 nitrogen and oxygen atoms in total. The number of rotatable bonds is 1. The first kappa shape index (κ1) is 15.7. The maximum Gasteiger partial charge on any atom is 0.0814 e. The second-order valence-corrected chi connectivity index (χ2v) is 4.36. The van der Waals surface area contributed by atoms with Crippen LogP contribution in [0.3, 0.4) is 0 Å². The van der Waals surface area contributed by atoms with Crippen LogP contribution in [0.15, 0.2) is 22.7 Å². The summed E-state index contributed by atoms with van der Waals surface area (Å²) in [6, 6.07) is 5.80. The van der Waals surface area contributed by atoms with E-state index in [2.05, 4.69) is 15.9 Å². The van der Waals surface area contributed by atoms with E-state index in [1.807, 2.05) is 25.1 Å². The number of hydrogen-bond acceptors (Lipinski definition) is 2. The minimum absolute atomic E-state index is 0. The maximum atomic E-state index is 8.82. The monoisotopic (exact) mass is 286 g/mol. The lowest BCUT2D eigenvalue weighted by Crippen LogP contribution is -1.87. The summed E-state index contributed by atoms with van der Waals surface area (Å²) in [6.45, 7) is 4.10. The van der Waals surface area contributed by atoms with E-state index in [-0.39, 0.29) is 15.0 Å². The Morgan fingerprint density at radius 2 is 1.94 bits per heavy atom. The zero-order valence-corrected chi connectivity index (χ0v) is 10.6. The van der Waals surface area contributed by atoms with E-state index in [0.29, 0.717) is 0 Å².